The lowest BCUT2D eigenvalue weighted by molar-refractivity contribution is 0.0987. The third kappa shape index (κ3) is 2.99. The van der Waals surface area contributed by atoms with Crippen LogP contribution in [0, 0.1) is 6.92 Å². The van der Waals surface area contributed by atoms with Gasteiger partial charge in [0.15, 0.2) is 5.78 Å². The topological polar surface area (TPSA) is 61.8 Å². The number of ether oxygens (including phenoxy) is 1. The summed E-state index contributed by atoms with van der Waals surface area (Å²) in [5, 5.41) is 0.439. The highest BCUT2D eigenvalue weighted by Gasteiger charge is 2.38. The van der Waals surface area contributed by atoms with Gasteiger partial charge in [0.25, 0.3) is 0 Å². The van der Waals surface area contributed by atoms with Crippen LogP contribution in [0.2, 0.25) is 0 Å². The number of hydrogen-bond acceptors (Lipinski definition) is 5. The molecule has 0 amide bonds. The molecule has 0 spiro atoms. The van der Waals surface area contributed by atoms with Crippen LogP contribution in [-0.4, -0.2) is 19.5 Å². The molecule has 1 atom stereocenters. The third-order valence-corrected chi connectivity index (χ3v) is 6.25. The highest BCUT2D eigenvalue weighted by atomic mass is 31.2. The van der Waals surface area contributed by atoms with Gasteiger partial charge in [-0.25, -0.2) is 4.57 Å². The summed E-state index contributed by atoms with van der Waals surface area (Å²) in [5.74, 6) is 1.07. The molecule has 2 aromatic rings. The Bertz CT molecular complexity index is 888. The van der Waals surface area contributed by atoms with E-state index in [-0.39, 0.29) is 12.4 Å². The molecule has 1 heterocycles. The summed E-state index contributed by atoms with van der Waals surface area (Å²) in [6.45, 7) is 5.69. The zero-order valence-corrected chi connectivity index (χ0v) is 15.7. The molecule has 0 N–H and O–H groups in total. The van der Waals surface area contributed by atoms with Crippen molar-refractivity contribution >= 4 is 18.7 Å². The van der Waals surface area contributed by atoms with Crippen molar-refractivity contribution in [1.82, 2.24) is 0 Å². The molecule has 0 saturated heterocycles. The van der Waals surface area contributed by atoms with Gasteiger partial charge in [0, 0.05) is 29.2 Å². The highest BCUT2D eigenvalue weighted by molar-refractivity contribution is 7.63. The Morgan fingerprint density at radius 1 is 1.16 bits per heavy atom. The van der Waals surface area contributed by atoms with E-state index in [9.17, 15) is 9.36 Å². The predicted octanol–water partition coefficient (Wildman–Crippen LogP) is 4.51. The maximum absolute atomic E-state index is 13.4. The van der Waals surface area contributed by atoms with E-state index in [1.54, 1.807) is 33.1 Å². The first kappa shape index (κ1) is 17.7. The van der Waals surface area contributed by atoms with Crippen molar-refractivity contribution in [1.29, 1.82) is 0 Å². The van der Waals surface area contributed by atoms with Crippen LogP contribution < -0.4 is 14.6 Å². The van der Waals surface area contributed by atoms with Gasteiger partial charge in [-0.2, -0.15) is 0 Å². The fourth-order valence-electron chi connectivity index (χ4n) is 3.00. The normalized spacial score (nSPS) is 18.1. The molecule has 25 heavy (non-hydrogen) atoms. The maximum atomic E-state index is 13.4. The summed E-state index contributed by atoms with van der Waals surface area (Å²) in [7, 11) is -2.01. The Morgan fingerprint density at radius 3 is 2.56 bits per heavy atom. The molecule has 1 aliphatic rings. The lowest BCUT2D eigenvalue weighted by Gasteiger charge is -2.28. The first-order valence-electron chi connectivity index (χ1n) is 8.24. The first-order chi connectivity index (χ1) is 11.9. The number of hydrogen-bond donors (Lipinski definition) is 0. The van der Waals surface area contributed by atoms with Crippen LogP contribution in [0.25, 0.3) is 11.1 Å². The van der Waals surface area contributed by atoms with Crippen molar-refractivity contribution in [3.05, 3.63) is 41.5 Å². The average molecular weight is 360 g/mol. The Morgan fingerprint density at radius 2 is 1.92 bits per heavy atom. The number of benzene rings is 2. The SMILES string of the molecule is CCOP1(=O)Oc2cc(OC)ccc2-c2cc(C)c(C(=O)CC)cc21. The molecule has 6 heteroatoms. The summed E-state index contributed by atoms with van der Waals surface area (Å²) in [6, 6.07) is 8.94. The van der Waals surface area contributed by atoms with Crippen LogP contribution in [0.4, 0.5) is 0 Å². The van der Waals surface area contributed by atoms with Crippen molar-refractivity contribution in [3.8, 4) is 22.6 Å². The monoisotopic (exact) mass is 360 g/mol. The molecule has 3 rings (SSSR count). The summed E-state index contributed by atoms with van der Waals surface area (Å²) >= 11 is 0. The van der Waals surface area contributed by atoms with Gasteiger partial charge in [-0.05, 0) is 43.7 Å². The standard InChI is InChI=1S/C19H21O5P/c1-5-17(20)15-11-19-16(9-12(15)3)14-8-7-13(22-4)10-18(14)24-25(19,21)23-6-2/h7-11H,5-6H2,1-4H3. The second kappa shape index (κ2) is 6.66. The molecule has 5 nitrogen and oxygen atoms in total. The van der Waals surface area contributed by atoms with E-state index in [1.807, 2.05) is 25.1 Å². The summed E-state index contributed by atoms with van der Waals surface area (Å²) in [4.78, 5) is 12.2. The van der Waals surface area contributed by atoms with Gasteiger partial charge in [0.2, 0.25) is 0 Å². The fourth-order valence-corrected chi connectivity index (χ4v) is 4.81. The Kier molecular flexibility index (Phi) is 4.72. The van der Waals surface area contributed by atoms with Crippen LogP contribution in [-0.2, 0) is 9.09 Å². The van der Waals surface area contributed by atoms with E-state index in [1.165, 1.54) is 0 Å². The van der Waals surface area contributed by atoms with Crippen molar-refractivity contribution < 1.29 is 23.1 Å². The number of fused-ring (bicyclic) bond motifs is 3. The highest BCUT2D eigenvalue weighted by Crippen LogP contribution is 2.56. The second-order valence-electron chi connectivity index (χ2n) is 5.83. The number of carbonyl (C=O) groups is 1. The first-order valence-corrected chi connectivity index (χ1v) is 9.78. The largest absolute Gasteiger partial charge is 0.497 e. The third-order valence-electron chi connectivity index (χ3n) is 4.26. The molecule has 0 radical (unpaired) electrons. The minimum absolute atomic E-state index is 0.00359. The van der Waals surface area contributed by atoms with Gasteiger partial charge in [-0.15, -0.1) is 0 Å². The van der Waals surface area contributed by atoms with Gasteiger partial charge in [-0.1, -0.05) is 6.92 Å². The van der Waals surface area contributed by atoms with Crippen molar-refractivity contribution in [2.75, 3.05) is 13.7 Å². The van der Waals surface area contributed by atoms with E-state index < -0.39 is 7.60 Å². The zero-order chi connectivity index (χ0) is 18.2. The molecular weight excluding hydrogens is 339 g/mol. The summed E-state index contributed by atoms with van der Waals surface area (Å²) < 4.78 is 29.9. The Balaban J connectivity index is 2.28. The summed E-state index contributed by atoms with van der Waals surface area (Å²) in [6.07, 6.45) is 0.382. The van der Waals surface area contributed by atoms with E-state index >= 15 is 0 Å². The number of rotatable bonds is 5. The number of aryl methyl sites for hydroxylation is 1. The molecule has 0 saturated carbocycles. The number of methoxy groups -OCH3 is 1. The Hall–Kier alpha value is -2.10. The van der Waals surface area contributed by atoms with Crippen LogP contribution in [0.5, 0.6) is 11.5 Å². The van der Waals surface area contributed by atoms with E-state index in [4.69, 9.17) is 13.8 Å². The van der Waals surface area contributed by atoms with Crippen LogP contribution in [0.3, 0.4) is 0 Å². The molecule has 132 valence electrons. The molecule has 0 aliphatic carbocycles. The molecule has 0 bridgehead atoms. The van der Waals surface area contributed by atoms with Crippen molar-refractivity contribution in [3.63, 3.8) is 0 Å². The Labute approximate surface area is 147 Å². The average Bonchev–Trinajstić information content (AvgIpc) is 2.60. The fraction of sp³-hybridized carbons (Fsp3) is 0.316. The van der Waals surface area contributed by atoms with Gasteiger partial charge in [-0.3, -0.25) is 9.32 Å². The van der Waals surface area contributed by atoms with Crippen LogP contribution >= 0.6 is 7.60 Å². The lowest BCUT2D eigenvalue weighted by atomic mass is 9.96. The van der Waals surface area contributed by atoms with Gasteiger partial charge in [0.1, 0.15) is 11.5 Å². The molecule has 2 aromatic carbocycles. The van der Waals surface area contributed by atoms with E-state index in [0.717, 1.165) is 16.7 Å². The molecule has 0 fully saturated rings. The summed E-state index contributed by atoms with van der Waals surface area (Å²) in [5.41, 5.74) is 2.98. The zero-order valence-electron chi connectivity index (χ0n) is 14.8. The second-order valence-corrected chi connectivity index (χ2v) is 7.75. The smallest absolute Gasteiger partial charge is 0.411 e. The quantitative estimate of drug-likeness (QED) is 0.580. The van der Waals surface area contributed by atoms with E-state index in [2.05, 4.69) is 0 Å². The van der Waals surface area contributed by atoms with E-state index in [0.29, 0.717) is 28.8 Å². The minimum Gasteiger partial charge on any atom is -0.497 e. The van der Waals surface area contributed by atoms with Gasteiger partial charge in [0.05, 0.1) is 19.0 Å². The van der Waals surface area contributed by atoms with Crippen molar-refractivity contribution in [2.24, 2.45) is 0 Å². The van der Waals surface area contributed by atoms with Crippen LogP contribution in [0.1, 0.15) is 36.2 Å². The van der Waals surface area contributed by atoms with Gasteiger partial charge >= 0.3 is 7.60 Å². The van der Waals surface area contributed by atoms with Gasteiger partial charge < -0.3 is 9.26 Å². The minimum atomic E-state index is -3.57. The maximum Gasteiger partial charge on any atom is 0.411 e. The number of ketones is 1. The molecule has 0 aromatic heterocycles. The number of Topliss-reactive ketones (excluding diaryl/α,β-unsaturated/α-hetero) is 1. The van der Waals surface area contributed by atoms with Crippen molar-refractivity contribution in [2.45, 2.75) is 27.2 Å². The number of carbonyl (C=O) groups excluding carboxylic acids is 1. The van der Waals surface area contributed by atoms with Crippen LogP contribution in [0.15, 0.2) is 30.3 Å². The predicted molar refractivity (Wildman–Crippen MR) is 97.3 cm³/mol. The lowest BCUT2D eigenvalue weighted by Crippen LogP contribution is -2.21. The molecule has 1 unspecified atom stereocenters. The molecule has 1 aliphatic heterocycles. The molecular formula is C19H21O5P.